The largest absolute Gasteiger partial charge is 3.00 e. The number of fused-ring (bicyclic) bond motifs is 1. The van der Waals surface area contributed by atoms with Gasteiger partial charge in [-0.3, -0.25) is 39.2 Å². The molecule has 2 radical (unpaired) electrons. The van der Waals surface area contributed by atoms with Crippen LogP contribution in [0.15, 0.2) is 24.3 Å². The van der Waals surface area contributed by atoms with Gasteiger partial charge in [-0.25, -0.2) is 9.97 Å². The Morgan fingerprint density at radius 1 is 0.355 bits per heavy atom. The first-order valence-corrected chi connectivity index (χ1v) is 19.8. The van der Waals surface area contributed by atoms with E-state index in [4.69, 9.17) is 9.97 Å². The average Bonchev–Trinajstić information content (AvgIpc) is 3.15. The summed E-state index contributed by atoms with van der Waals surface area (Å²) >= 11 is 0. The number of hydrogen-bond donors (Lipinski definition) is 0. The zero-order valence-corrected chi connectivity index (χ0v) is 38.9. The Morgan fingerprint density at radius 2 is 0.532 bits per heavy atom. The smallest absolute Gasteiger partial charge is 0.549 e. The molecule has 24 heteroatoms. The molecular formula is C38H52Gd2N10O12. The fraction of sp³-hybridized carbons (Fsp3) is 0.632. The second kappa shape index (κ2) is 29.3. The van der Waals surface area contributed by atoms with Crippen molar-refractivity contribution in [2.75, 3.05) is 144 Å². The molecule has 0 saturated carbocycles. The number of aromatic nitrogens is 2. The molecule has 2 saturated heterocycles. The molecule has 0 unspecified atom stereocenters. The van der Waals surface area contributed by atoms with Crippen LogP contribution in [0.25, 0.3) is 11.0 Å². The maximum absolute atomic E-state index is 11.7. The summed E-state index contributed by atoms with van der Waals surface area (Å²) in [6.45, 7) is 1.55. The van der Waals surface area contributed by atoms with Gasteiger partial charge in [0, 0.05) is 157 Å². The quantitative estimate of drug-likeness (QED) is 0.151. The first-order chi connectivity index (χ1) is 28.6. The van der Waals surface area contributed by atoms with Gasteiger partial charge >= 0.3 is 79.9 Å². The van der Waals surface area contributed by atoms with Gasteiger partial charge in [0.25, 0.3) is 0 Å². The van der Waals surface area contributed by atoms with Crippen molar-refractivity contribution < 1.29 is 139 Å². The molecule has 2 aromatic rings. The number of carboxylic acids is 6. The van der Waals surface area contributed by atoms with Crippen molar-refractivity contribution in [3.8, 4) is 0 Å². The molecule has 2 aliphatic heterocycles. The molecule has 3 heterocycles. The van der Waals surface area contributed by atoms with Crippen molar-refractivity contribution in [2.24, 2.45) is 0 Å². The Hall–Kier alpha value is -2.29. The van der Waals surface area contributed by atoms with E-state index in [2.05, 4.69) is 0 Å². The number of para-hydroxylation sites is 2. The molecule has 4 rings (SSSR count). The monoisotopic (exact) mass is 1160 g/mol. The minimum absolute atomic E-state index is 0. The summed E-state index contributed by atoms with van der Waals surface area (Å²) < 4.78 is 0. The third kappa shape index (κ3) is 21.6. The van der Waals surface area contributed by atoms with Crippen LogP contribution in [0.5, 0.6) is 0 Å². The van der Waals surface area contributed by atoms with Crippen LogP contribution < -0.4 is 30.6 Å². The summed E-state index contributed by atoms with van der Waals surface area (Å²) in [6, 6.07) is 7.25. The number of nitrogens with zero attached hydrogens (tertiary/aromatic N) is 10. The van der Waals surface area contributed by atoms with E-state index in [1.54, 1.807) is 29.4 Å². The maximum atomic E-state index is 11.7. The number of hydrogen-bond acceptors (Lipinski definition) is 22. The fourth-order valence-electron chi connectivity index (χ4n) is 7.27. The molecule has 0 N–H and O–H groups in total. The molecule has 0 bridgehead atoms. The van der Waals surface area contributed by atoms with Gasteiger partial charge in [-0.05, 0) is 12.1 Å². The molecule has 2 fully saturated rings. The molecule has 0 atom stereocenters. The molecule has 1 aromatic heterocycles. The first kappa shape index (κ1) is 55.8. The number of aliphatic carboxylic acids is 6. The van der Waals surface area contributed by atoms with E-state index in [0.29, 0.717) is 48.6 Å². The molecule has 22 nitrogen and oxygen atoms in total. The zero-order chi connectivity index (χ0) is 43.6. The van der Waals surface area contributed by atoms with Crippen molar-refractivity contribution in [3.05, 3.63) is 35.7 Å². The molecular weight excluding hydrogens is 1100 g/mol. The predicted molar refractivity (Wildman–Crippen MR) is 199 cm³/mol. The van der Waals surface area contributed by atoms with Gasteiger partial charge in [-0.15, -0.1) is 0 Å². The topological polar surface area (TPSA) is 292 Å². The van der Waals surface area contributed by atoms with E-state index in [1.807, 2.05) is 34.1 Å². The Balaban J connectivity index is 0.00000661. The van der Waals surface area contributed by atoms with E-state index in [0.717, 1.165) is 0 Å². The zero-order valence-electron chi connectivity index (χ0n) is 34.4. The van der Waals surface area contributed by atoms with Crippen molar-refractivity contribution in [1.29, 1.82) is 0 Å². The van der Waals surface area contributed by atoms with E-state index in [1.165, 1.54) is 0 Å². The standard InChI is InChI=1S/C38H58N10O12.2Gd/c49-33(50)23-43-9-5-41(6-10-44(24-34(51)52)14-18-47(17-13-43)27-37(57)58)21-31-32(40-30-4-2-1-3-29(30)39-31)22-42-7-11-45(25-35(53)54)15-19-48(28-38(59)60)20-16-46(12-8-42)26-36(55)56;;/h1-4H,5-28H2,(H,49,50)(H,51,52)(H,53,54)(H,55,56)(H,57,58)(H,59,60);;/q;2*+3/p-6. The van der Waals surface area contributed by atoms with Gasteiger partial charge in [-0.1, -0.05) is 12.1 Å². The van der Waals surface area contributed by atoms with Crippen molar-refractivity contribution in [2.45, 2.75) is 13.1 Å². The molecule has 0 amide bonds. The Labute approximate surface area is 424 Å². The first-order valence-electron chi connectivity index (χ1n) is 19.8. The molecule has 0 aliphatic carbocycles. The number of benzene rings is 1. The summed E-state index contributed by atoms with van der Waals surface area (Å²) in [7, 11) is 0. The van der Waals surface area contributed by atoms with Crippen molar-refractivity contribution in [1.82, 2.24) is 49.2 Å². The van der Waals surface area contributed by atoms with Crippen LogP contribution in [0.1, 0.15) is 11.4 Å². The number of rotatable bonds is 16. The molecule has 62 heavy (non-hydrogen) atoms. The number of carbonyl (C=O) groups is 6. The second-order valence-corrected chi connectivity index (χ2v) is 15.0. The van der Waals surface area contributed by atoms with Gasteiger partial charge in [0.2, 0.25) is 0 Å². The average molecular weight is 1160 g/mol. The fourth-order valence-corrected chi connectivity index (χ4v) is 7.27. The summed E-state index contributed by atoms with van der Waals surface area (Å²) in [5.41, 5.74) is 2.35. The SMILES string of the molecule is O=C([O-])CN1CCN(CC(=O)[O-])CCN(Cc2nc3ccccc3nc2CN2CCN(CC(=O)[O-])CCN(CC(=O)[O-])CCN(CC(=O)[O-])CC2)CCN(CC(=O)[O-])CC1.[Gd+3].[Gd+3]. The minimum atomic E-state index is -1.32. The van der Waals surface area contributed by atoms with E-state index >= 15 is 0 Å². The predicted octanol–water partition coefficient (Wildman–Crippen LogP) is -10.4. The molecule has 342 valence electrons. The second-order valence-electron chi connectivity index (χ2n) is 15.0. The van der Waals surface area contributed by atoms with Crippen LogP contribution >= 0.6 is 0 Å². The number of carboxylic acid groups (broad SMARTS) is 6. The third-order valence-corrected chi connectivity index (χ3v) is 10.4. The Bertz CT molecular complexity index is 1600. The van der Waals surface area contributed by atoms with E-state index < -0.39 is 75.1 Å². The van der Waals surface area contributed by atoms with Crippen molar-refractivity contribution >= 4 is 46.8 Å². The van der Waals surface area contributed by atoms with Gasteiger partial charge < -0.3 is 59.4 Å². The van der Waals surface area contributed by atoms with Crippen LogP contribution in [-0.2, 0) is 41.9 Å². The maximum Gasteiger partial charge on any atom is 3.00 e. The summed E-state index contributed by atoms with van der Waals surface area (Å²) in [4.78, 5) is 93.5. The van der Waals surface area contributed by atoms with Crippen LogP contribution in [0.4, 0.5) is 0 Å². The Kier molecular flexibility index (Phi) is 26.4. The van der Waals surface area contributed by atoms with E-state index in [9.17, 15) is 59.4 Å². The molecule has 1 aromatic carbocycles. The van der Waals surface area contributed by atoms with Crippen LogP contribution in [0.2, 0.25) is 0 Å². The van der Waals surface area contributed by atoms with Gasteiger partial charge in [0.05, 0.1) is 58.2 Å². The molecule has 0 spiro atoms. The molecule has 2 aliphatic rings. The number of carbonyl (C=O) groups excluding carboxylic acids is 6. The third-order valence-electron chi connectivity index (χ3n) is 10.4. The Morgan fingerprint density at radius 3 is 0.710 bits per heavy atom. The normalized spacial score (nSPS) is 18.8. The minimum Gasteiger partial charge on any atom is -0.549 e. The van der Waals surface area contributed by atoms with Crippen LogP contribution in [0.3, 0.4) is 0 Å². The van der Waals surface area contributed by atoms with Gasteiger partial charge in [0.1, 0.15) is 0 Å². The van der Waals surface area contributed by atoms with Crippen LogP contribution in [0, 0.1) is 79.9 Å². The van der Waals surface area contributed by atoms with Gasteiger partial charge in [0.15, 0.2) is 0 Å². The summed E-state index contributed by atoms with van der Waals surface area (Å²) in [5.74, 6) is -7.86. The van der Waals surface area contributed by atoms with Crippen molar-refractivity contribution in [3.63, 3.8) is 0 Å². The van der Waals surface area contributed by atoms with Crippen LogP contribution in [-0.4, -0.2) is 229 Å². The summed E-state index contributed by atoms with van der Waals surface area (Å²) in [5, 5.41) is 69.8. The van der Waals surface area contributed by atoms with Gasteiger partial charge in [-0.2, -0.15) is 0 Å². The summed E-state index contributed by atoms with van der Waals surface area (Å²) in [6.07, 6.45) is 0. The van der Waals surface area contributed by atoms with E-state index in [-0.39, 0.29) is 172 Å².